The standard InChI is InChI=1S/C27H37N5O2S.C2H6/c1-21(2)19-31-16-15-26(28-29-31)23-9-7-8-12-25(14-13-23)35(34)32-18-17-30(20-22(32)3)27(33)24-10-5-4-6-11-24;1-2/h4-7,9-11,13-14,21-22,26H,8,12,15-20H2,1-3H3;1-2H3/b9-7-,23-13+,25-14+;. The maximum absolute atomic E-state index is 13.6. The van der Waals surface area contributed by atoms with Crippen LogP contribution in [-0.2, 0) is 11.0 Å². The molecule has 0 radical (unpaired) electrons. The van der Waals surface area contributed by atoms with Crippen molar-refractivity contribution in [1.82, 2.24) is 14.2 Å². The van der Waals surface area contributed by atoms with Crippen molar-refractivity contribution < 1.29 is 9.00 Å². The van der Waals surface area contributed by atoms with Crippen molar-refractivity contribution in [1.29, 1.82) is 0 Å². The van der Waals surface area contributed by atoms with Crippen molar-refractivity contribution in [3.05, 3.63) is 70.7 Å². The van der Waals surface area contributed by atoms with Crippen molar-refractivity contribution in [3.63, 3.8) is 0 Å². The van der Waals surface area contributed by atoms with E-state index in [1.165, 1.54) is 0 Å². The van der Waals surface area contributed by atoms with Gasteiger partial charge in [0.15, 0.2) is 0 Å². The molecule has 1 aromatic rings. The van der Waals surface area contributed by atoms with Crippen molar-refractivity contribution >= 4 is 16.9 Å². The Labute approximate surface area is 225 Å². The highest BCUT2D eigenvalue weighted by molar-refractivity contribution is 7.86. The quantitative estimate of drug-likeness (QED) is 0.473. The summed E-state index contributed by atoms with van der Waals surface area (Å²) in [6, 6.07) is 9.44. The lowest BCUT2D eigenvalue weighted by Gasteiger charge is -2.39. The molecule has 0 saturated carbocycles. The zero-order valence-electron chi connectivity index (χ0n) is 23.0. The fraction of sp³-hybridized carbons (Fsp3) is 0.552. The Morgan fingerprint density at radius 3 is 2.51 bits per heavy atom. The number of hydrogen-bond acceptors (Lipinski definition) is 5. The molecule has 8 heteroatoms. The Kier molecular flexibility index (Phi) is 11.3. The van der Waals surface area contributed by atoms with Gasteiger partial charge in [0.2, 0.25) is 0 Å². The van der Waals surface area contributed by atoms with Gasteiger partial charge in [0, 0.05) is 49.2 Å². The van der Waals surface area contributed by atoms with Gasteiger partial charge in [-0.05, 0) is 55.9 Å². The van der Waals surface area contributed by atoms with Gasteiger partial charge in [0.1, 0.15) is 11.0 Å². The largest absolute Gasteiger partial charge is 0.336 e. The third-order valence-electron chi connectivity index (χ3n) is 6.58. The van der Waals surface area contributed by atoms with Gasteiger partial charge < -0.3 is 4.90 Å². The van der Waals surface area contributed by atoms with Crippen LogP contribution < -0.4 is 0 Å². The van der Waals surface area contributed by atoms with Gasteiger partial charge in [-0.2, -0.15) is 5.11 Å². The van der Waals surface area contributed by atoms with E-state index in [0.717, 1.165) is 42.8 Å². The van der Waals surface area contributed by atoms with Crippen LogP contribution >= 0.6 is 0 Å². The average molecular weight is 526 g/mol. The van der Waals surface area contributed by atoms with Gasteiger partial charge in [-0.25, -0.2) is 8.51 Å². The van der Waals surface area contributed by atoms with Crippen LogP contribution in [0.5, 0.6) is 0 Å². The summed E-state index contributed by atoms with van der Waals surface area (Å²) in [5.74, 6) is 0.603. The van der Waals surface area contributed by atoms with Gasteiger partial charge >= 0.3 is 0 Å². The van der Waals surface area contributed by atoms with E-state index in [4.69, 9.17) is 0 Å². The molecule has 0 spiro atoms. The van der Waals surface area contributed by atoms with E-state index in [2.05, 4.69) is 49.3 Å². The minimum Gasteiger partial charge on any atom is -0.336 e. The summed E-state index contributed by atoms with van der Waals surface area (Å²) in [6.07, 6.45) is 11.0. The first-order valence-corrected chi connectivity index (χ1v) is 14.8. The Morgan fingerprint density at radius 2 is 1.86 bits per heavy atom. The van der Waals surface area contributed by atoms with E-state index < -0.39 is 11.0 Å². The van der Waals surface area contributed by atoms with Gasteiger partial charge in [-0.1, -0.05) is 69.3 Å². The van der Waals surface area contributed by atoms with Crippen LogP contribution in [0.4, 0.5) is 0 Å². The van der Waals surface area contributed by atoms with Gasteiger partial charge in [0.25, 0.3) is 5.91 Å². The molecule has 1 saturated heterocycles. The second kappa shape index (κ2) is 14.4. The first-order valence-electron chi connectivity index (χ1n) is 13.7. The highest BCUT2D eigenvalue weighted by Crippen LogP contribution is 2.25. The number of benzene rings is 1. The summed E-state index contributed by atoms with van der Waals surface area (Å²) in [5.41, 5.74) is 1.83. The first kappa shape index (κ1) is 29.0. The van der Waals surface area contributed by atoms with Crippen LogP contribution in [-0.4, -0.2) is 69.1 Å². The Hall–Kier alpha value is -2.58. The summed E-state index contributed by atoms with van der Waals surface area (Å²) in [5, 5.41) is 11.0. The molecule has 0 bridgehead atoms. The van der Waals surface area contributed by atoms with Gasteiger partial charge in [-0.15, -0.1) is 0 Å². The van der Waals surface area contributed by atoms with Crippen LogP contribution in [0.1, 0.15) is 64.2 Å². The lowest BCUT2D eigenvalue weighted by Crippen LogP contribution is -2.54. The van der Waals surface area contributed by atoms with Crippen molar-refractivity contribution in [2.75, 3.05) is 32.7 Å². The Balaban J connectivity index is 0.00000186. The number of carbonyl (C=O) groups is 1. The summed E-state index contributed by atoms with van der Waals surface area (Å²) in [7, 11) is -1.23. The van der Waals surface area contributed by atoms with Crippen molar-refractivity contribution in [3.8, 4) is 0 Å². The molecule has 37 heavy (non-hydrogen) atoms. The Morgan fingerprint density at radius 1 is 1.11 bits per heavy atom. The lowest BCUT2D eigenvalue weighted by molar-refractivity contribution is 0.0648. The molecule has 0 aromatic heterocycles. The third-order valence-corrected chi connectivity index (χ3v) is 8.34. The fourth-order valence-electron chi connectivity index (χ4n) is 4.72. The zero-order valence-corrected chi connectivity index (χ0v) is 23.9. The molecule has 7 nitrogen and oxygen atoms in total. The number of allylic oxidation sites excluding steroid dienone is 4. The van der Waals surface area contributed by atoms with E-state index in [1.807, 2.05) is 64.5 Å². The average Bonchev–Trinajstić information content (AvgIpc) is 2.90. The van der Waals surface area contributed by atoms with Gasteiger partial charge in [0.05, 0.1) is 6.04 Å². The summed E-state index contributed by atoms with van der Waals surface area (Å²) in [6.45, 7) is 14.0. The maximum atomic E-state index is 13.6. The van der Waals surface area contributed by atoms with E-state index in [-0.39, 0.29) is 18.0 Å². The molecule has 1 fully saturated rings. The maximum Gasteiger partial charge on any atom is 0.253 e. The lowest BCUT2D eigenvalue weighted by atomic mass is 10.0. The number of piperazine rings is 1. The molecular weight excluding hydrogens is 482 g/mol. The molecule has 2 aliphatic heterocycles. The summed E-state index contributed by atoms with van der Waals surface area (Å²) in [4.78, 5) is 15.7. The SMILES string of the molecule is CC.CC(C)CN1CCC(C2=C/C=C(/S(=O)N3CCN(C(=O)c4ccccc4)CC3C)CC/C=C\2)N=N1. The molecular formula is C29H43N5O2S. The minimum atomic E-state index is -1.23. The topological polar surface area (TPSA) is 68.6 Å². The Bertz CT molecular complexity index is 1030. The minimum absolute atomic E-state index is 0.0154. The molecule has 3 aliphatic rings. The van der Waals surface area contributed by atoms with E-state index >= 15 is 0 Å². The summed E-state index contributed by atoms with van der Waals surface area (Å²) < 4.78 is 15.6. The second-order valence-electron chi connectivity index (χ2n) is 9.91. The van der Waals surface area contributed by atoms with Crippen LogP contribution in [0.2, 0.25) is 0 Å². The van der Waals surface area contributed by atoms with E-state index in [0.29, 0.717) is 31.1 Å². The van der Waals surface area contributed by atoms with Crippen molar-refractivity contribution in [2.45, 2.75) is 66.0 Å². The molecule has 1 aliphatic carbocycles. The second-order valence-corrected chi connectivity index (χ2v) is 11.4. The molecule has 1 amide bonds. The first-order chi connectivity index (χ1) is 17.9. The molecule has 3 unspecified atom stereocenters. The van der Waals surface area contributed by atoms with Gasteiger partial charge in [-0.3, -0.25) is 9.80 Å². The number of carbonyl (C=O) groups excluding carboxylic acids is 1. The summed E-state index contributed by atoms with van der Waals surface area (Å²) >= 11 is 0. The monoisotopic (exact) mass is 525 g/mol. The number of hydrogen-bond donors (Lipinski definition) is 0. The third kappa shape index (κ3) is 7.95. The number of nitrogens with zero attached hydrogens (tertiary/aromatic N) is 5. The highest BCUT2D eigenvalue weighted by Gasteiger charge is 2.31. The predicted molar refractivity (Wildman–Crippen MR) is 152 cm³/mol. The zero-order chi connectivity index (χ0) is 26.8. The van der Waals surface area contributed by atoms with E-state index in [1.54, 1.807) is 0 Å². The smallest absolute Gasteiger partial charge is 0.253 e. The molecule has 1 aromatic carbocycles. The number of rotatable bonds is 6. The molecule has 3 atom stereocenters. The fourth-order valence-corrected chi connectivity index (χ4v) is 6.14. The van der Waals surface area contributed by atoms with Crippen LogP contribution in [0.25, 0.3) is 0 Å². The molecule has 4 rings (SSSR count). The molecule has 0 N–H and O–H groups in total. The predicted octanol–water partition coefficient (Wildman–Crippen LogP) is 5.78. The molecule has 2 heterocycles. The van der Waals surface area contributed by atoms with Crippen LogP contribution in [0.3, 0.4) is 0 Å². The van der Waals surface area contributed by atoms with Crippen LogP contribution in [0, 0.1) is 5.92 Å². The molecule has 202 valence electrons. The number of amides is 1. The van der Waals surface area contributed by atoms with E-state index in [9.17, 15) is 9.00 Å². The van der Waals surface area contributed by atoms with Crippen molar-refractivity contribution in [2.24, 2.45) is 16.3 Å². The van der Waals surface area contributed by atoms with Crippen LogP contribution in [0.15, 0.2) is 75.5 Å². The normalized spacial score (nSPS) is 27.1. The highest BCUT2D eigenvalue weighted by atomic mass is 32.2.